The molecule has 2 rings (SSSR count). The molecule has 0 bridgehead atoms. The summed E-state index contributed by atoms with van der Waals surface area (Å²) >= 11 is 0. The van der Waals surface area contributed by atoms with Crippen molar-refractivity contribution in [3.8, 4) is 0 Å². The average molecular weight is 328 g/mol. The zero-order valence-corrected chi connectivity index (χ0v) is 12.8. The summed E-state index contributed by atoms with van der Waals surface area (Å²) < 4.78 is 38.3. The maximum Gasteiger partial charge on any atom is 0.390 e. The van der Waals surface area contributed by atoms with Crippen molar-refractivity contribution < 1.29 is 13.2 Å². The molecule has 0 fully saturated rings. The number of nitrogens with one attached hydrogen (secondary N) is 2. The smallest absolute Gasteiger partial charge is 0.357 e. The molecule has 0 unspecified atom stereocenters. The van der Waals surface area contributed by atoms with E-state index in [0.29, 0.717) is 25.5 Å². The van der Waals surface area contributed by atoms with Crippen LogP contribution in [0.1, 0.15) is 19.2 Å². The van der Waals surface area contributed by atoms with Crippen LogP contribution in [0.5, 0.6) is 0 Å². The van der Waals surface area contributed by atoms with Crippen molar-refractivity contribution in [2.24, 2.45) is 4.99 Å². The van der Waals surface area contributed by atoms with E-state index in [-0.39, 0.29) is 6.54 Å². The molecular weight excluding hydrogens is 309 g/mol. The fraction of sp³-hybridized carbons (Fsp3) is 0.500. The summed E-state index contributed by atoms with van der Waals surface area (Å²) in [5, 5.41) is 14.1. The Labute approximate surface area is 131 Å². The molecule has 2 N–H and O–H groups in total. The van der Waals surface area contributed by atoms with Crippen LogP contribution in [-0.4, -0.2) is 46.4 Å². The number of hydrogen-bond acceptors (Lipinski definition) is 3. The Kier molecular flexibility index (Phi) is 5.78. The molecule has 6 nitrogen and oxygen atoms in total. The van der Waals surface area contributed by atoms with Crippen LogP contribution < -0.4 is 10.6 Å². The minimum Gasteiger partial charge on any atom is -0.357 e. The Morgan fingerprint density at radius 2 is 2.09 bits per heavy atom. The Hall–Kier alpha value is -2.32. The number of hydrogen-bond donors (Lipinski definition) is 2. The van der Waals surface area contributed by atoms with Crippen LogP contribution in [0, 0.1) is 0 Å². The summed E-state index contributed by atoms with van der Waals surface area (Å²) in [4.78, 5) is 3.91. The van der Waals surface area contributed by atoms with Crippen molar-refractivity contribution >= 4 is 11.6 Å². The summed E-state index contributed by atoms with van der Waals surface area (Å²) in [7, 11) is 0. The molecule has 0 aromatic carbocycles. The third kappa shape index (κ3) is 5.42. The highest BCUT2D eigenvalue weighted by Gasteiger charge is 2.26. The minimum atomic E-state index is -4.19. The fourth-order valence-electron chi connectivity index (χ4n) is 1.99. The number of halogens is 3. The summed E-state index contributed by atoms with van der Waals surface area (Å²) in [6.07, 6.45) is -2.68. The highest BCUT2D eigenvalue weighted by atomic mass is 19.4. The molecule has 0 amide bonds. The van der Waals surface area contributed by atoms with E-state index in [1.54, 1.807) is 0 Å². The summed E-state index contributed by atoms with van der Waals surface area (Å²) in [5.74, 6) is 1.14. The normalized spacial score (nSPS) is 12.6. The SMILES string of the molecule is CCNC(=NCCC(F)(F)F)NCCc1nnc2ccccn12. The van der Waals surface area contributed by atoms with Crippen molar-refractivity contribution in [1.82, 2.24) is 25.2 Å². The van der Waals surface area contributed by atoms with E-state index in [1.807, 2.05) is 35.7 Å². The molecule has 9 heteroatoms. The van der Waals surface area contributed by atoms with Crippen molar-refractivity contribution in [2.75, 3.05) is 19.6 Å². The van der Waals surface area contributed by atoms with Crippen molar-refractivity contribution in [3.63, 3.8) is 0 Å². The number of pyridine rings is 1. The molecule has 0 atom stereocenters. The number of alkyl halides is 3. The van der Waals surface area contributed by atoms with E-state index >= 15 is 0 Å². The second kappa shape index (κ2) is 7.80. The Balaban J connectivity index is 1.87. The van der Waals surface area contributed by atoms with E-state index < -0.39 is 12.6 Å². The number of rotatable bonds is 6. The van der Waals surface area contributed by atoms with Gasteiger partial charge in [-0.05, 0) is 19.1 Å². The molecule has 0 radical (unpaired) electrons. The van der Waals surface area contributed by atoms with Crippen LogP contribution >= 0.6 is 0 Å². The predicted octanol–water partition coefficient (Wildman–Crippen LogP) is 1.78. The van der Waals surface area contributed by atoms with Gasteiger partial charge in [0, 0.05) is 25.7 Å². The molecule has 0 spiro atoms. The van der Waals surface area contributed by atoms with Crippen LogP contribution in [0.4, 0.5) is 13.2 Å². The first kappa shape index (κ1) is 17.0. The van der Waals surface area contributed by atoms with Crippen LogP contribution in [0.25, 0.3) is 5.65 Å². The Bertz CT molecular complexity index is 649. The van der Waals surface area contributed by atoms with Gasteiger partial charge in [0.05, 0.1) is 13.0 Å². The molecular formula is C14H19F3N6. The maximum absolute atomic E-state index is 12.2. The third-order valence-electron chi connectivity index (χ3n) is 3.03. The zero-order chi connectivity index (χ0) is 16.7. The molecule has 126 valence electrons. The lowest BCUT2D eigenvalue weighted by atomic mass is 10.4. The highest BCUT2D eigenvalue weighted by molar-refractivity contribution is 5.79. The first-order chi connectivity index (χ1) is 11.0. The topological polar surface area (TPSA) is 66.6 Å². The average Bonchev–Trinajstić information content (AvgIpc) is 2.89. The van der Waals surface area contributed by atoms with Gasteiger partial charge in [0.2, 0.25) is 0 Å². The Morgan fingerprint density at radius 1 is 1.26 bits per heavy atom. The van der Waals surface area contributed by atoms with Gasteiger partial charge in [-0.2, -0.15) is 13.2 Å². The quantitative estimate of drug-likeness (QED) is 0.627. The standard InChI is InChI=1S/C14H19F3N6/c1-2-18-13(20-9-7-14(15,16)17)19-8-6-12-22-21-11-5-3-4-10-23(11)12/h3-5,10H,2,6-9H2,1H3,(H2,18,19,20). The van der Waals surface area contributed by atoms with Gasteiger partial charge in [0.15, 0.2) is 11.6 Å². The first-order valence-corrected chi connectivity index (χ1v) is 7.37. The van der Waals surface area contributed by atoms with E-state index in [2.05, 4.69) is 25.8 Å². The summed E-state index contributed by atoms with van der Waals surface area (Å²) in [6.45, 7) is 2.62. The number of aromatic nitrogens is 3. The lowest BCUT2D eigenvalue weighted by Crippen LogP contribution is -2.38. The summed E-state index contributed by atoms with van der Waals surface area (Å²) in [5.41, 5.74) is 0.758. The van der Waals surface area contributed by atoms with Gasteiger partial charge < -0.3 is 10.6 Å². The second-order valence-electron chi connectivity index (χ2n) is 4.85. The van der Waals surface area contributed by atoms with Crippen LogP contribution in [0.3, 0.4) is 0 Å². The third-order valence-corrected chi connectivity index (χ3v) is 3.03. The monoisotopic (exact) mass is 328 g/mol. The molecule has 0 aliphatic carbocycles. The van der Waals surface area contributed by atoms with Crippen molar-refractivity contribution in [1.29, 1.82) is 0 Å². The van der Waals surface area contributed by atoms with Crippen LogP contribution in [0.2, 0.25) is 0 Å². The highest BCUT2D eigenvalue weighted by Crippen LogP contribution is 2.18. The van der Waals surface area contributed by atoms with E-state index in [4.69, 9.17) is 0 Å². The molecule has 2 aromatic rings. The van der Waals surface area contributed by atoms with Gasteiger partial charge in [-0.3, -0.25) is 9.39 Å². The maximum atomic E-state index is 12.2. The van der Waals surface area contributed by atoms with E-state index in [0.717, 1.165) is 11.5 Å². The van der Waals surface area contributed by atoms with Gasteiger partial charge in [-0.1, -0.05) is 6.07 Å². The second-order valence-corrected chi connectivity index (χ2v) is 4.85. The van der Waals surface area contributed by atoms with Crippen molar-refractivity contribution in [3.05, 3.63) is 30.2 Å². The van der Waals surface area contributed by atoms with Crippen LogP contribution in [-0.2, 0) is 6.42 Å². The minimum absolute atomic E-state index is 0.299. The number of nitrogens with zero attached hydrogens (tertiary/aromatic N) is 4. The predicted molar refractivity (Wildman–Crippen MR) is 81.3 cm³/mol. The molecule has 0 saturated carbocycles. The van der Waals surface area contributed by atoms with Gasteiger partial charge in [0.25, 0.3) is 0 Å². The number of fused-ring (bicyclic) bond motifs is 1. The van der Waals surface area contributed by atoms with E-state index in [9.17, 15) is 13.2 Å². The lowest BCUT2D eigenvalue weighted by Gasteiger charge is -2.11. The van der Waals surface area contributed by atoms with E-state index in [1.165, 1.54) is 0 Å². The van der Waals surface area contributed by atoms with Gasteiger partial charge in [-0.15, -0.1) is 10.2 Å². The molecule has 0 aliphatic rings. The number of guanidine groups is 1. The largest absolute Gasteiger partial charge is 0.390 e. The first-order valence-electron chi connectivity index (χ1n) is 7.37. The molecule has 23 heavy (non-hydrogen) atoms. The van der Waals surface area contributed by atoms with Crippen LogP contribution in [0.15, 0.2) is 29.4 Å². The van der Waals surface area contributed by atoms with Gasteiger partial charge in [0.1, 0.15) is 5.82 Å². The van der Waals surface area contributed by atoms with Gasteiger partial charge in [-0.25, -0.2) is 0 Å². The zero-order valence-electron chi connectivity index (χ0n) is 12.8. The lowest BCUT2D eigenvalue weighted by molar-refractivity contribution is -0.132. The van der Waals surface area contributed by atoms with Gasteiger partial charge >= 0.3 is 6.18 Å². The molecule has 2 aromatic heterocycles. The van der Waals surface area contributed by atoms with Crippen molar-refractivity contribution in [2.45, 2.75) is 25.9 Å². The molecule has 0 aliphatic heterocycles. The molecule has 0 saturated heterocycles. The molecule has 2 heterocycles. The number of aliphatic imine (C=N–C) groups is 1. The summed E-state index contributed by atoms with van der Waals surface area (Å²) in [6, 6.07) is 5.62. The Morgan fingerprint density at radius 3 is 2.83 bits per heavy atom. The fourth-order valence-corrected chi connectivity index (χ4v) is 1.99.